The highest BCUT2D eigenvalue weighted by molar-refractivity contribution is 6.06. The molecule has 4 nitrogen and oxygen atoms in total. The number of rotatable bonds is 1. The number of ketones is 1. The number of methoxy groups -OCH3 is 1. The monoisotopic (exact) mass is 262 g/mol. The molecule has 1 heterocycles. The van der Waals surface area contributed by atoms with E-state index in [4.69, 9.17) is 9.15 Å². The summed E-state index contributed by atoms with van der Waals surface area (Å²) in [5.74, 6) is 0.487. The fourth-order valence-corrected chi connectivity index (χ4v) is 4.11. The van der Waals surface area contributed by atoms with Crippen molar-refractivity contribution in [2.75, 3.05) is 7.11 Å². The predicted molar refractivity (Wildman–Crippen MR) is 67.7 cm³/mol. The van der Waals surface area contributed by atoms with Crippen molar-refractivity contribution in [2.24, 2.45) is 16.7 Å². The van der Waals surface area contributed by atoms with Crippen molar-refractivity contribution in [1.82, 2.24) is 0 Å². The van der Waals surface area contributed by atoms with E-state index in [2.05, 4.69) is 0 Å². The molecule has 0 aromatic carbocycles. The average molecular weight is 262 g/mol. The van der Waals surface area contributed by atoms with Gasteiger partial charge in [0.15, 0.2) is 5.78 Å². The first-order valence-electron chi connectivity index (χ1n) is 6.67. The standard InChI is InChI=1S/C15H18O4/c1-9-4-6-14(2)12(16)10-5-7-19-11(10)8-15(9,14)13(17)18-3/h5,7,9H,4,6,8H2,1-3H3. The van der Waals surface area contributed by atoms with Crippen LogP contribution in [-0.4, -0.2) is 18.9 Å². The van der Waals surface area contributed by atoms with E-state index in [0.29, 0.717) is 17.7 Å². The molecule has 0 radical (unpaired) electrons. The number of ether oxygens (including phenoxy) is 1. The quantitative estimate of drug-likeness (QED) is 0.730. The molecule has 1 fully saturated rings. The van der Waals surface area contributed by atoms with E-state index < -0.39 is 10.8 Å². The first-order valence-corrected chi connectivity index (χ1v) is 6.67. The Morgan fingerprint density at radius 1 is 1.53 bits per heavy atom. The fraction of sp³-hybridized carbons (Fsp3) is 0.600. The van der Waals surface area contributed by atoms with Crippen molar-refractivity contribution in [1.29, 1.82) is 0 Å². The van der Waals surface area contributed by atoms with Crippen LogP contribution >= 0.6 is 0 Å². The van der Waals surface area contributed by atoms with Crippen LogP contribution in [0.4, 0.5) is 0 Å². The number of hydrogen-bond donors (Lipinski definition) is 0. The molecule has 4 heteroatoms. The van der Waals surface area contributed by atoms with Crippen LogP contribution < -0.4 is 0 Å². The van der Waals surface area contributed by atoms with Crippen LogP contribution in [0.3, 0.4) is 0 Å². The summed E-state index contributed by atoms with van der Waals surface area (Å²) >= 11 is 0. The first kappa shape index (κ1) is 12.5. The second-order valence-electron chi connectivity index (χ2n) is 6.00. The Labute approximate surface area is 112 Å². The molecular formula is C15H18O4. The lowest BCUT2D eigenvalue weighted by Gasteiger charge is -2.45. The number of Topliss-reactive ketones (excluding diaryl/α,β-unsaturated/α-hetero) is 1. The van der Waals surface area contributed by atoms with Crippen LogP contribution in [0, 0.1) is 16.7 Å². The molecular weight excluding hydrogens is 244 g/mol. The van der Waals surface area contributed by atoms with Gasteiger partial charge in [-0.1, -0.05) is 13.8 Å². The van der Waals surface area contributed by atoms with Gasteiger partial charge >= 0.3 is 5.97 Å². The second-order valence-corrected chi connectivity index (χ2v) is 6.00. The van der Waals surface area contributed by atoms with E-state index in [-0.39, 0.29) is 17.7 Å². The molecule has 3 unspecified atom stereocenters. The molecule has 1 saturated carbocycles. The van der Waals surface area contributed by atoms with Crippen molar-refractivity contribution in [3.8, 4) is 0 Å². The summed E-state index contributed by atoms with van der Waals surface area (Å²) in [4.78, 5) is 25.2. The molecule has 3 rings (SSSR count). The normalized spacial score (nSPS) is 36.8. The van der Waals surface area contributed by atoms with Gasteiger partial charge in [-0.15, -0.1) is 0 Å². The highest BCUT2D eigenvalue weighted by Gasteiger charge is 2.67. The number of carbonyl (C=O) groups excluding carboxylic acids is 2. The summed E-state index contributed by atoms with van der Waals surface area (Å²) in [6, 6.07) is 1.72. The molecule has 102 valence electrons. The zero-order chi connectivity index (χ0) is 13.8. The lowest BCUT2D eigenvalue weighted by Crippen LogP contribution is -2.54. The third-order valence-corrected chi connectivity index (χ3v) is 5.38. The van der Waals surface area contributed by atoms with Gasteiger partial charge in [-0.2, -0.15) is 0 Å². The van der Waals surface area contributed by atoms with Gasteiger partial charge in [0.25, 0.3) is 0 Å². The highest BCUT2D eigenvalue weighted by Crippen LogP contribution is 2.62. The minimum atomic E-state index is -0.774. The Balaban J connectivity index is 2.24. The molecule has 0 bridgehead atoms. The minimum absolute atomic E-state index is 0.0252. The molecule has 1 aromatic rings. The SMILES string of the molecule is COC(=O)C12Cc3occc3C(=O)C1(C)CCC2C. The van der Waals surface area contributed by atoms with Crippen LogP contribution in [0.15, 0.2) is 16.7 Å². The van der Waals surface area contributed by atoms with Gasteiger partial charge in [0.05, 0.1) is 24.4 Å². The first-order chi connectivity index (χ1) is 8.97. The predicted octanol–water partition coefficient (Wildman–Crippen LogP) is 2.61. The van der Waals surface area contributed by atoms with E-state index in [1.807, 2.05) is 13.8 Å². The highest BCUT2D eigenvalue weighted by atomic mass is 16.5. The third-order valence-electron chi connectivity index (χ3n) is 5.38. The lowest BCUT2D eigenvalue weighted by molar-refractivity contribution is -0.161. The summed E-state index contributed by atoms with van der Waals surface area (Å²) < 4.78 is 10.5. The molecule has 0 spiro atoms. The van der Waals surface area contributed by atoms with Gasteiger partial charge in [-0.05, 0) is 24.8 Å². The van der Waals surface area contributed by atoms with Gasteiger partial charge in [0, 0.05) is 11.8 Å². The summed E-state index contributed by atoms with van der Waals surface area (Å²) in [5, 5.41) is 0. The van der Waals surface area contributed by atoms with Crippen molar-refractivity contribution < 1.29 is 18.7 Å². The van der Waals surface area contributed by atoms with E-state index in [1.54, 1.807) is 6.07 Å². The maximum absolute atomic E-state index is 12.8. The third kappa shape index (κ3) is 1.24. The van der Waals surface area contributed by atoms with Crippen molar-refractivity contribution >= 4 is 11.8 Å². The molecule has 0 N–H and O–H groups in total. The molecule has 0 aliphatic heterocycles. The van der Waals surface area contributed by atoms with Crippen LogP contribution in [0.2, 0.25) is 0 Å². The van der Waals surface area contributed by atoms with E-state index >= 15 is 0 Å². The number of hydrogen-bond acceptors (Lipinski definition) is 4. The van der Waals surface area contributed by atoms with Crippen molar-refractivity contribution in [3.63, 3.8) is 0 Å². The number of carbonyl (C=O) groups is 2. The van der Waals surface area contributed by atoms with Gasteiger partial charge in [-0.25, -0.2) is 0 Å². The second kappa shape index (κ2) is 3.71. The number of esters is 1. The largest absolute Gasteiger partial charge is 0.469 e. The molecule has 2 aliphatic carbocycles. The smallest absolute Gasteiger partial charge is 0.313 e. The zero-order valence-corrected chi connectivity index (χ0v) is 11.5. The Morgan fingerprint density at radius 2 is 2.26 bits per heavy atom. The maximum atomic E-state index is 12.8. The van der Waals surface area contributed by atoms with Gasteiger partial charge in [-0.3, -0.25) is 9.59 Å². The van der Waals surface area contributed by atoms with E-state index in [1.165, 1.54) is 13.4 Å². The number of fused-ring (bicyclic) bond motifs is 2. The Hall–Kier alpha value is -1.58. The Bertz CT molecular complexity index is 558. The van der Waals surface area contributed by atoms with Gasteiger partial charge < -0.3 is 9.15 Å². The van der Waals surface area contributed by atoms with E-state index in [0.717, 1.165) is 12.8 Å². The van der Waals surface area contributed by atoms with Crippen molar-refractivity contribution in [2.45, 2.75) is 33.1 Å². The molecule has 3 atom stereocenters. The van der Waals surface area contributed by atoms with Crippen LogP contribution in [-0.2, 0) is 16.0 Å². The molecule has 0 saturated heterocycles. The van der Waals surface area contributed by atoms with Gasteiger partial charge in [0.2, 0.25) is 0 Å². The Morgan fingerprint density at radius 3 is 2.95 bits per heavy atom. The van der Waals surface area contributed by atoms with Crippen LogP contribution in [0.1, 0.15) is 42.8 Å². The van der Waals surface area contributed by atoms with Crippen LogP contribution in [0.25, 0.3) is 0 Å². The molecule has 0 amide bonds. The lowest BCUT2D eigenvalue weighted by atomic mass is 9.55. The molecule has 2 aliphatic rings. The van der Waals surface area contributed by atoms with Crippen molar-refractivity contribution in [3.05, 3.63) is 23.7 Å². The summed E-state index contributed by atoms with van der Waals surface area (Å²) in [5.41, 5.74) is -0.809. The summed E-state index contributed by atoms with van der Waals surface area (Å²) in [6.45, 7) is 3.94. The topological polar surface area (TPSA) is 56.5 Å². The molecule has 1 aromatic heterocycles. The summed E-state index contributed by atoms with van der Waals surface area (Å²) in [6.07, 6.45) is 3.59. The summed E-state index contributed by atoms with van der Waals surface area (Å²) in [7, 11) is 1.39. The zero-order valence-electron chi connectivity index (χ0n) is 11.5. The molecule has 19 heavy (non-hydrogen) atoms. The van der Waals surface area contributed by atoms with E-state index in [9.17, 15) is 9.59 Å². The Kier molecular flexibility index (Phi) is 2.43. The maximum Gasteiger partial charge on any atom is 0.313 e. The number of furan rings is 1. The van der Waals surface area contributed by atoms with Crippen LogP contribution in [0.5, 0.6) is 0 Å². The fourth-order valence-electron chi connectivity index (χ4n) is 4.11. The van der Waals surface area contributed by atoms with Gasteiger partial charge in [0.1, 0.15) is 5.76 Å². The minimum Gasteiger partial charge on any atom is -0.469 e. The average Bonchev–Trinajstić information content (AvgIpc) is 2.96.